The molecule has 0 saturated heterocycles. The van der Waals surface area contributed by atoms with Crippen LogP contribution in [0, 0.1) is 0 Å². The summed E-state index contributed by atoms with van der Waals surface area (Å²) in [5.41, 5.74) is 0. The monoisotopic (exact) mass is 98.1 g/mol. The van der Waals surface area contributed by atoms with Crippen LogP contribution in [0.1, 0.15) is 20.3 Å². The van der Waals surface area contributed by atoms with Crippen LogP contribution < -0.4 is 0 Å². The van der Waals surface area contributed by atoms with Crippen LogP contribution in [-0.4, -0.2) is 5.78 Å². The average Bonchev–Trinajstić information content (AvgIpc) is 1.61. The molecule has 0 amide bonds. The molecule has 0 aromatic heterocycles. The Morgan fingerprint density at radius 1 is 1.71 bits per heavy atom. The molecule has 40 valence electrons. The zero-order valence-electron chi connectivity index (χ0n) is 4.77. The number of rotatable bonds is 2. The Hall–Kier alpha value is -0.590. The fourth-order valence-electron chi connectivity index (χ4n) is 0.284. The van der Waals surface area contributed by atoms with Gasteiger partial charge in [0, 0.05) is 6.42 Å². The van der Waals surface area contributed by atoms with Gasteiger partial charge in [-0.2, -0.15) is 0 Å². The first-order chi connectivity index (χ1) is 3.27. The molecular formula is C6H10O. The molecule has 7 heavy (non-hydrogen) atoms. The number of hydrogen-bond acceptors (Lipinski definition) is 1. The van der Waals surface area contributed by atoms with E-state index in [2.05, 4.69) is 0 Å². The van der Waals surface area contributed by atoms with Gasteiger partial charge in [-0.3, -0.25) is 4.79 Å². The first-order valence-electron chi connectivity index (χ1n) is 2.38. The summed E-state index contributed by atoms with van der Waals surface area (Å²) in [6, 6.07) is 0. The van der Waals surface area contributed by atoms with E-state index in [0.717, 1.165) is 0 Å². The van der Waals surface area contributed by atoms with Crippen LogP contribution in [0.5, 0.6) is 0 Å². The highest BCUT2D eigenvalue weighted by atomic mass is 16.1. The first kappa shape index (κ1) is 6.41. The molecule has 0 fully saturated rings. The molecule has 0 spiro atoms. The molecule has 0 radical (unpaired) electrons. The smallest absolute Gasteiger partial charge is 0.133 e. The molecule has 0 atom stereocenters. The third-order valence-electron chi connectivity index (χ3n) is 0.641. The van der Waals surface area contributed by atoms with Crippen molar-refractivity contribution in [3.05, 3.63) is 12.2 Å². The minimum absolute atomic E-state index is 0.220. The predicted molar refractivity (Wildman–Crippen MR) is 30.1 cm³/mol. The Morgan fingerprint density at radius 3 is 2.43 bits per heavy atom. The molecular weight excluding hydrogens is 88.1 g/mol. The van der Waals surface area contributed by atoms with E-state index in [0.29, 0.717) is 6.42 Å². The molecule has 1 heteroatoms. The molecule has 0 aromatic rings. The van der Waals surface area contributed by atoms with E-state index in [1.54, 1.807) is 6.92 Å². The molecule has 0 aliphatic heterocycles. The maximum absolute atomic E-state index is 10.2. The van der Waals surface area contributed by atoms with Crippen molar-refractivity contribution in [3.8, 4) is 0 Å². The van der Waals surface area contributed by atoms with Crippen LogP contribution in [-0.2, 0) is 4.79 Å². The molecule has 0 aliphatic rings. The minimum atomic E-state index is 0.220. The zero-order chi connectivity index (χ0) is 5.70. The van der Waals surface area contributed by atoms with E-state index >= 15 is 0 Å². The lowest BCUT2D eigenvalue weighted by atomic mass is 10.3. The Labute approximate surface area is 44.0 Å². The van der Waals surface area contributed by atoms with Crippen molar-refractivity contribution in [2.45, 2.75) is 20.3 Å². The number of Topliss-reactive ketones (excluding diaryl/α,β-unsaturated/α-hetero) is 1. The molecule has 0 rings (SSSR count). The van der Waals surface area contributed by atoms with Crippen molar-refractivity contribution in [1.82, 2.24) is 0 Å². The van der Waals surface area contributed by atoms with Gasteiger partial charge in [0.2, 0.25) is 0 Å². The molecule has 0 unspecified atom stereocenters. The summed E-state index contributed by atoms with van der Waals surface area (Å²) >= 11 is 0. The highest BCUT2D eigenvalue weighted by Gasteiger charge is 1.81. The lowest BCUT2D eigenvalue weighted by molar-refractivity contribution is -0.116. The molecule has 0 saturated carbocycles. The van der Waals surface area contributed by atoms with Gasteiger partial charge < -0.3 is 0 Å². The summed E-state index contributed by atoms with van der Waals surface area (Å²) in [6.45, 7) is 3.49. The van der Waals surface area contributed by atoms with Gasteiger partial charge in [0.25, 0.3) is 0 Å². The summed E-state index contributed by atoms with van der Waals surface area (Å²) in [7, 11) is 0. The zero-order valence-corrected chi connectivity index (χ0v) is 4.77. The average molecular weight is 98.1 g/mol. The van der Waals surface area contributed by atoms with E-state index in [9.17, 15) is 4.79 Å². The standard InChI is InChI=1S/C6H10O/c1-3-4-5-6(2)7/h3-4H,5H2,1-2H3. The second kappa shape index (κ2) is 3.59. The summed E-state index contributed by atoms with van der Waals surface area (Å²) in [5, 5.41) is 0. The van der Waals surface area contributed by atoms with Gasteiger partial charge in [-0.25, -0.2) is 0 Å². The summed E-state index contributed by atoms with van der Waals surface area (Å²) in [5.74, 6) is 0.220. The molecule has 0 aromatic carbocycles. The van der Waals surface area contributed by atoms with Crippen molar-refractivity contribution in [1.29, 1.82) is 0 Å². The largest absolute Gasteiger partial charge is 0.300 e. The number of hydrogen-bond donors (Lipinski definition) is 0. The SMILES string of the molecule is CC=CCC(C)=O. The van der Waals surface area contributed by atoms with Gasteiger partial charge in [-0.1, -0.05) is 12.2 Å². The molecule has 0 N–H and O–H groups in total. The molecule has 0 aliphatic carbocycles. The van der Waals surface area contributed by atoms with Crippen molar-refractivity contribution in [3.63, 3.8) is 0 Å². The number of carbonyl (C=O) groups excluding carboxylic acids is 1. The number of allylic oxidation sites excluding steroid dienone is 2. The highest BCUT2D eigenvalue weighted by Crippen LogP contribution is 1.81. The Kier molecular flexibility index (Phi) is 3.29. The van der Waals surface area contributed by atoms with Gasteiger partial charge in [0.15, 0.2) is 0 Å². The Balaban J connectivity index is 3.14. The van der Waals surface area contributed by atoms with Crippen LogP contribution in [0.25, 0.3) is 0 Å². The van der Waals surface area contributed by atoms with Crippen LogP contribution in [0.2, 0.25) is 0 Å². The van der Waals surface area contributed by atoms with Gasteiger partial charge in [0.05, 0.1) is 0 Å². The van der Waals surface area contributed by atoms with Crippen molar-refractivity contribution < 1.29 is 4.79 Å². The normalized spacial score (nSPS) is 10.0. The molecule has 0 heterocycles. The van der Waals surface area contributed by atoms with Crippen LogP contribution >= 0.6 is 0 Å². The third kappa shape index (κ3) is 5.41. The minimum Gasteiger partial charge on any atom is -0.300 e. The molecule has 0 bridgehead atoms. The lowest BCUT2D eigenvalue weighted by Gasteiger charge is -1.77. The predicted octanol–water partition coefficient (Wildman–Crippen LogP) is 1.54. The fourth-order valence-corrected chi connectivity index (χ4v) is 0.284. The van der Waals surface area contributed by atoms with Gasteiger partial charge >= 0.3 is 0 Å². The maximum atomic E-state index is 10.2. The van der Waals surface area contributed by atoms with E-state index in [1.165, 1.54) is 0 Å². The number of carbonyl (C=O) groups is 1. The molecule has 1 nitrogen and oxygen atoms in total. The maximum Gasteiger partial charge on any atom is 0.133 e. The Morgan fingerprint density at radius 2 is 2.29 bits per heavy atom. The van der Waals surface area contributed by atoms with Crippen molar-refractivity contribution >= 4 is 5.78 Å². The van der Waals surface area contributed by atoms with Crippen molar-refractivity contribution in [2.24, 2.45) is 0 Å². The second-order valence-electron chi connectivity index (χ2n) is 1.48. The summed E-state index contributed by atoms with van der Waals surface area (Å²) in [6.07, 6.45) is 4.31. The van der Waals surface area contributed by atoms with E-state index < -0.39 is 0 Å². The third-order valence-corrected chi connectivity index (χ3v) is 0.641. The summed E-state index contributed by atoms with van der Waals surface area (Å²) in [4.78, 5) is 10.2. The first-order valence-corrected chi connectivity index (χ1v) is 2.38. The second-order valence-corrected chi connectivity index (χ2v) is 1.48. The highest BCUT2D eigenvalue weighted by molar-refractivity contribution is 5.76. The van der Waals surface area contributed by atoms with E-state index in [-0.39, 0.29) is 5.78 Å². The van der Waals surface area contributed by atoms with Gasteiger partial charge in [-0.15, -0.1) is 0 Å². The topological polar surface area (TPSA) is 17.1 Å². The van der Waals surface area contributed by atoms with E-state index in [1.807, 2.05) is 19.1 Å². The quantitative estimate of drug-likeness (QED) is 0.479. The van der Waals surface area contributed by atoms with Crippen LogP contribution in [0.4, 0.5) is 0 Å². The van der Waals surface area contributed by atoms with Gasteiger partial charge in [0.1, 0.15) is 5.78 Å². The lowest BCUT2D eigenvalue weighted by Crippen LogP contribution is -1.82. The van der Waals surface area contributed by atoms with Crippen LogP contribution in [0.15, 0.2) is 12.2 Å². The fraction of sp³-hybridized carbons (Fsp3) is 0.500. The van der Waals surface area contributed by atoms with Gasteiger partial charge in [-0.05, 0) is 13.8 Å². The Bertz CT molecular complexity index is 82.2. The van der Waals surface area contributed by atoms with E-state index in [4.69, 9.17) is 0 Å². The number of ketones is 1. The van der Waals surface area contributed by atoms with Crippen molar-refractivity contribution in [2.75, 3.05) is 0 Å². The summed E-state index contributed by atoms with van der Waals surface area (Å²) < 4.78 is 0. The van der Waals surface area contributed by atoms with Crippen LogP contribution in [0.3, 0.4) is 0 Å².